The highest BCUT2D eigenvalue weighted by Gasteiger charge is 2.13. The lowest BCUT2D eigenvalue weighted by molar-refractivity contribution is 0.279. The number of nitrogens with one attached hydrogen (secondary N) is 1. The number of aliphatic hydroxyl groups excluding tert-OH is 1. The summed E-state index contributed by atoms with van der Waals surface area (Å²) < 4.78 is 0. The number of rotatable bonds is 7. The van der Waals surface area contributed by atoms with Crippen LogP contribution >= 0.6 is 0 Å². The third-order valence-corrected chi connectivity index (χ3v) is 2.32. The van der Waals surface area contributed by atoms with Crippen LogP contribution in [0.2, 0.25) is 0 Å². The van der Waals surface area contributed by atoms with Crippen LogP contribution in [0.3, 0.4) is 0 Å². The van der Waals surface area contributed by atoms with Crippen molar-refractivity contribution in [3.05, 3.63) is 0 Å². The second-order valence-corrected chi connectivity index (χ2v) is 4.13. The standard InChI is InChI=1S/C10H23NO/c1-4-10(2,3)9-11-7-5-6-8-12/h11-12H,4-9H2,1-3H3. The van der Waals surface area contributed by atoms with E-state index < -0.39 is 0 Å². The molecule has 0 heterocycles. The van der Waals surface area contributed by atoms with Crippen molar-refractivity contribution in [2.75, 3.05) is 19.7 Å². The van der Waals surface area contributed by atoms with Crippen LogP contribution in [0.5, 0.6) is 0 Å². The van der Waals surface area contributed by atoms with E-state index in [0.717, 1.165) is 25.9 Å². The first-order chi connectivity index (χ1) is 5.62. The molecule has 0 aliphatic rings. The Morgan fingerprint density at radius 2 is 1.92 bits per heavy atom. The molecule has 12 heavy (non-hydrogen) atoms. The Kier molecular flexibility index (Phi) is 6.39. The Morgan fingerprint density at radius 1 is 1.25 bits per heavy atom. The van der Waals surface area contributed by atoms with Gasteiger partial charge in [0.2, 0.25) is 0 Å². The number of unbranched alkanes of at least 4 members (excludes halogenated alkanes) is 1. The molecular formula is C10H23NO. The van der Waals surface area contributed by atoms with Crippen LogP contribution in [0.15, 0.2) is 0 Å². The fourth-order valence-electron chi connectivity index (χ4n) is 0.914. The van der Waals surface area contributed by atoms with E-state index in [-0.39, 0.29) is 0 Å². The molecule has 0 saturated heterocycles. The summed E-state index contributed by atoms with van der Waals surface area (Å²) in [5.41, 5.74) is 0.416. The fourth-order valence-corrected chi connectivity index (χ4v) is 0.914. The van der Waals surface area contributed by atoms with Gasteiger partial charge in [0.1, 0.15) is 0 Å². The van der Waals surface area contributed by atoms with Crippen molar-refractivity contribution in [1.82, 2.24) is 5.32 Å². The fraction of sp³-hybridized carbons (Fsp3) is 1.00. The quantitative estimate of drug-likeness (QED) is 0.575. The molecule has 0 spiro atoms. The van der Waals surface area contributed by atoms with Gasteiger partial charge < -0.3 is 10.4 Å². The molecule has 0 fully saturated rings. The van der Waals surface area contributed by atoms with Gasteiger partial charge in [-0.3, -0.25) is 0 Å². The molecule has 0 atom stereocenters. The van der Waals surface area contributed by atoms with Crippen LogP contribution < -0.4 is 5.32 Å². The molecule has 0 radical (unpaired) electrons. The van der Waals surface area contributed by atoms with Crippen molar-refractivity contribution in [2.45, 2.75) is 40.0 Å². The van der Waals surface area contributed by atoms with E-state index in [0.29, 0.717) is 12.0 Å². The Labute approximate surface area is 76.4 Å². The zero-order chi connectivity index (χ0) is 9.45. The summed E-state index contributed by atoms with van der Waals surface area (Å²) in [5, 5.41) is 11.9. The maximum absolute atomic E-state index is 8.54. The number of hydrogen-bond acceptors (Lipinski definition) is 2. The summed E-state index contributed by atoms with van der Waals surface area (Å²) in [7, 11) is 0. The van der Waals surface area contributed by atoms with Gasteiger partial charge in [0.25, 0.3) is 0 Å². The summed E-state index contributed by atoms with van der Waals surface area (Å²) in [4.78, 5) is 0. The van der Waals surface area contributed by atoms with E-state index in [1.54, 1.807) is 0 Å². The van der Waals surface area contributed by atoms with Crippen molar-refractivity contribution in [3.63, 3.8) is 0 Å². The molecule has 0 aromatic heterocycles. The predicted molar refractivity (Wildman–Crippen MR) is 53.3 cm³/mol. The van der Waals surface area contributed by atoms with Crippen molar-refractivity contribution < 1.29 is 5.11 Å². The molecule has 0 aliphatic carbocycles. The van der Waals surface area contributed by atoms with Gasteiger partial charge in [0, 0.05) is 13.2 Å². The molecule has 0 amide bonds. The number of hydrogen-bond donors (Lipinski definition) is 2. The van der Waals surface area contributed by atoms with Crippen molar-refractivity contribution >= 4 is 0 Å². The Hall–Kier alpha value is -0.0800. The molecule has 74 valence electrons. The lowest BCUT2D eigenvalue weighted by atomic mass is 9.90. The van der Waals surface area contributed by atoms with Gasteiger partial charge in [-0.2, -0.15) is 0 Å². The summed E-state index contributed by atoms with van der Waals surface area (Å²) in [6.07, 6.45) is 3.20. The van der Waals surface area contributed by atoms with Gasteiger partial charge in [0.05, 0.1) is 0 Å². The molecule has 2 nitrogen and oxygen atoms in total. The minimum Gasteiger partial charge on any atom is -0.396 e. The topological polar surface area (TPSA) is 32.3 Å². The predicted octanol–water partition coefficient (Wildman–Crippen LogP) is 1.78. The number of aliphatic hydroxyl groups is 1. The van der Waals surface area contributed by atoms with E-state index in [4.69, 9.17) is 5.11 Å². The van der Waals surface area contributed by atoms with Gasteiger partial charge in [-0.1, -0.05) is 20.8 Å². The van der Waals surface area contributed by atoms with Crippen LogP contribution in [-0.2, 0) is 0 Å². The van der Waals surface area contributed by atoms with Gasteiger partial charge in [-0.25, -0.2) is 0 Å². The first-order valence-corrected chi connectivity index (χ1v) is 4.94. The minimum absolute atomic E-state index is 0.318. The molecule has 2 N–H and O–H groups in total. The first-order valence-electron chi connectivity index (χ1n) is 4.94. The molecule has 2 heteroatoms. The molecular weight excluding hydrogens is 150 g/mol. The minimum atomic E-state index is 0.318. The highest BCUT2D eigenvalue weighted by atomic mass is 16.2. The lowest BCUT2D eigenvalue weighted by Crippen LogP contribution is -2.29. The Bertz CT molecular complexity index is 102. The van der Waals surface area contributed by atoms with E-state index in [2.05, 4.69) is 26.1 Å². The van der Waals surface area contributed by atoms with E-state index >= 15 is 0 Å². The van der Waals surface area contributed by atoms with E-state index in [9.17, 15) is 0 Å². The third kappa shape index (κ3) is 6.62. The maximum atomic E-state index is 8.54. The molecule has 0 saturated carbocycles. The van der Waals surface area contributed by atoms with Crippen LogP contribution in [-0.4, -0.2) is 24.8 Å². The molecule has 0 rings (SSSR count). The second kappa shape index (κ2) is 6.44. The summed E-state index contributed by atoms with van der Waals surface area (Å²) in [6.45, 7) is 9.19. The normalized spacial score (nSPS) is 12.0. The summed E-state index contributed by atoms with van der Waals surface area (Å²) in [6, 6.07) is 0. The molecule has 0 unspecified atom stereocenters. The summed E-state index contributed by atoms with van der Waals surface area (Å²) >= 11 is 0. The first kappa shape index (κ1) is 11.9. The van der Waals surface area contributed by atoms with Crippen LogP contribution in [0.1, 0.15) is 40.0 Å². The smallest absolute Gasteiger partial charge is 0.0431 e. The maximum Gasteiger partial charge on any atom is 0.0431 e. The molecule has 0 bridgehead atoms. The van der Waals surface area contributed by atoms with Crippen LogP contribution in [0, 0.1) is 5.41 Å². The Morgan fingerprint density at radius 3 is 2.42 bits per heavy atom. The third-order valence-electron chi connectivity index (χ3n) is 2.32. The van der Waals surface area contributed by atoms with Crippen molar-refractivity contribution in [1.29, 1.82) is 0 Å². The largest absolute Gasteiger partial charge is 0.396 e. The van der Waals surface area contributed by atoms with Crippen molar-refractivity contribution in [3.8, 4) is 0 Å². The molecule has 0 aromatic carbocycles. The second-order valence-electron chi connectivity index (χ2n) is 4.13. The van der Waals surface area contributed by atoms with E-state index in [1.807, 2.05) is 0 Å². The lowest BCUT2D eigenvalue weighted by Gasteiger charge is -2.22. The summed E-state index contributed by atoms with van der Waals surface area (Å²) in [5.74, 6) is 0. The van der Waals surface area contributed by atoms with Gasteiger partial charge in [-0.15, -0.1) is 0 Å². The zero-order valence-corrected chi connectivity index (χ0v) is 8.69. The van der Waals surface area contributed by atoms with Crippen molar-refractivity contribution in [2.24, 2.45) is 5.41 Å². The Balaban J connectivity index is 3.19. The molecule has 0 aliphatic heterocycles. The monoisotopic (exact) mass is 173 g/mol. The van der Waals surface area contributed by atoms with Gasteiger partial charge in [-0.05, 0) is 31.2 Å². The highest BCUT2D eigenvalue weighted by molar-refractivity contribution is 4.68. The molecule has 0 aromatic rings. The highest BCUT2D eigenvalue weighted by Crippen LogP contribution is 2.17. The van der Waals surface area contributed by atoms with Crippen LogP contribution in [0.4, 0.5) is 0 Å². The average Bonchev–Trinajstić information content (AvgIpc) is 2.04. The van der Waals surface area contributed by atoms with Crippen LogP contribution in [0.25, 0.3) is 0 Å². The van der Waals surface area contributed by atoms with Gasteiger partial charge in [0.15, 0.2) is 0 Å². The zero-order valence-electron chi connectivity index (χ0n) is 8.69. The van der Waals surface area contributed by atoms with E-state index in [1.165, 1.54) is 6.42 Å². The SMILES string of the molecule is CCC(C)(C)CNCCCCO. The average molecular weight is 173 g/mol. The van der Waals surface area contributed by atoms with Gasteiger partial charge >= 0.3 is 0 Å².